The summed E-state index contributed by atoms with van der Waals surface area (Å²) in [7, 11) is 0. The summed E-state index contributed by atoms with van der Waals surface area (Å²) in [6, 6.07) is 3.23. The first-order valence-electron chi connectivity index (χ1n) is 6.51. The van der Waals surface area contributed by atoms with Gasteiger partial charge in [-0.2, -0.15) is 13.2 Å². The van der Waals surface area contributed by atoms with Crippen LogP contribution in [0.15, 0.2) is 24.3 Å². The molecule has 25 heavy (non-hydrogen) atoms. The van der Waals surface area contributed by atoms with E-state index in [9.17, 15) is 27.6 Å². The third-order valence-electron chi connectivity index (χ3n) is 2.40. The second kappa shape index (κ2) is 9.28. The third-order valence-corrected chi connectivity index (χ3v) is 3.14. The highest BCUT2D eigenvalue weighted by Crippen LogP contribution is 2.23. The normalized spacial score (nSPS) is 11.2. The van der Waals surface area contributed by atoms with Gasteiger partial charge in [-0.1, -0.05) is 29.3 Å². The summed E-state index contributed by atoms with van der Waals surface area (Å²) in [5, 5.41) is 3.61. The van der Waals surface area contributed by atoms with E-state index in [1.165, 1.54) is 23.5 Å². The SMILES string of the molecule is O=C(COC(=O)/C=C/c1ccc(Cl)c(Cl)c1)NC(=O)NCC(F)(F)F. The van der Waals surface area contributed by atoms with E-state index in [1.54, 1.807) is 11.4 Å². The van der Waals surface area contributed by atoms with Crippen LogP contribution < -0.4 is 10.6 Å². The van der Waals surface area contributed by atoms with E-state index < -0.39 is 37.2 Å². The summed E-state index contributed by atoms with van der Waals surface area (Å²) in [6.45, 7) is -2.44. The van der Waals surface area contributed by atoms with Gasteiger partial charge in [0.05, 0.1) is 10.0 Å². The van der Waals surface area contributed by atoms with Crippen LogP contribution in [0.1, 0.15) is 5.56 Å². The van der Waals surface area contributed by atoms with E-state index in [-0.39, 0.29) is 5.02 Å². The fraction of sp³-hybridized carbons (Fsp3) is 0.214. The quantitative estimate of drug-likeness (QED) is 0.589. The van der Waals surface area contributed by atoms with E-state index in [0.29, 0.717) is 10.6 Å². The van der Waals surface area contributed by atoms with Gasteiger partial charge in [0.1, 0.15) is 6.54 Å². The molecular weight excluding hydrogens is 388 g/mol. The van der Waals surface area contributed by atoms with Crippen molar-refractivity contribution in [3.63, 3.8) is 0 Å². The van der Waals surface area contributed by atoms with Crippen LogP contribution in [-0.4, -0.2) is 37.2 Å². The molecular formula is C14H11Cl2F3N2O4. The average Bonchev–Trinajstić information content (AvgIpc) is 2.51. The first-order chi connectivity index (χ1) is 11.6. The van der Waals surface area contributed by atoms with Gasteiger partial charge in [-0.25, -0.2) is 9.59 Å². The molecule has 0 aliphatic carbocycles. The van der Waals surface area contributed by atoms with Crippen LogP contribution in [0.25, 0.3) is 6.08 Å². The summed E-state index contributed by atoms with van der Waals surface area (Å²) in [6.07, 6.45) is -2.27. The lowest BCUT2D eigenvalue weighted by atomic mass is 10.2. The van der Waals surface area contributed by atoms with Crippen molar-refractivity contribution in [1.29, 1.82) is 0 Å². The average molecular weight is 399 g/mol. The van der Waals surface area contributed by atoms with Crippen LogP contribution in [0, 0.1) is 0 Å². The standard InChI is InChI=1S/C14H11Cl2F3N2O4/c15-9-3-1-8(5-10(9)16)2-4-12(23)25-6-11(22)21-13(24)20-7-14(17,18)19/h1-5H,6-7H2,(H2,20,21,22,24)/b4-2+. The Morgan fingerprint density at radius 3 is 2.44 bits per heavy atom. The van der Waals surface area contributed by atoms with E-state index >= 15 is 0 Å². The lowest BCUT2D eigenvalue weighted by Crippen LogP contribution is -2.44. The topological polar surface area (TPSA) is 84.5 Å². The number of hydrogen-bond acceptors (Lipinski definition) is 4. The molecule has 0 atom stereocenters. The highest BCUT2D eigenvalue weighted by atomic mass is 35.5. The highest BCUT2D eigenvalue weighted by molar-refractivity contribution is 6.42. The summed E-state index contributed by atoms with van der Waals surface area (Å²) >= 11 is 11.5. The molecule has 1 aromatic carbocycles. The van der Waals surface area contributed by atoms with Gasteiger partial charge in [0.15, 0.2) is 6.61 Å². The van der Waals surface area contributed by atoms with Crippen molar-refractivity contribution in [3.05, 3.63) is 39.9 Å². The largest absolute Gasteiger partial charge is 0.452 e. The van der Waals surface area contributed by atoms with Crippen LogP contribution in [0.3, 0.4) is 0 Å². The molecule has 6 nitrogen and oxygen atoms in total. The molecule has 1 aromatic rings. The molecule has 1 rings (SSSR count). The molecule has 11 heteroatoms. The minimum atomic E-state index is -4.61. The van der Waals surface area contributed by atoms with Gasteiger partial charge in [0, 0.05) is 6.08 Å². The van der Waals surface area contributed by atoms with Crippen molar-refractivity contribution < 1.29 is 32.3 Å². The van der Waals surface area contributed by atoms with Crippen molar-refractivity contribution in [2.75, 3.05) is 13.2 Å². The second-order valence-corrected chi connectivity index (χ2v) is 5.28. The molecule has 0 aliphatic rings. The number of hydrogen-bond donors (Lipinski definition) is 2. The van der Waals surface area contributed by atoms with E-state index in [4.69, 9.17) is 23.2 Å². The van der Waals surface area contributed by atoms with Crippen LogP contribution >= 0.6 is 23.2 Å². The summed E-state index contributed by atoms with van der Waals surface area (Å²) in [5.41, 5.74) is 0.544. The number of amides is 3. The maximum absolute atomic E-state index is 11.9. The predicted molar refractivity (Wildman–Crippen MR) is 84.1 cm³/mol. The zero-order valence-corrected chi connectivity index (χ0v) is 13.8. The van der Waals surface area contributed by atoms with Gasteiger partial charge in [-0.15, -0.1) is 0 Å². The number of imide groups is 1. The Bertz CT molecular complexity index is 693. The monoisotopic (exact) mass is 398 g/mol. The predicted octanol–water partition coefficient (Wildman–Crippen LogP) is 2.94. The molecule has 0 aliphatic heterocycles. The zero-order chi connectivity index (χ0) is 19.0. The second-order valence-electron chi connectivity index (χ2n) is 4.46. The number of ether oxygens (including phenoxy) is 1. The number of halogens is 5. The summed E-state index contributed by atoms with van der Waals surface area (Å²) in [4.78, 5) is 33.7. The van der Waals surface area contributed by atoms with Crippen molar-refractivity contribution in [2.24, 2.45) is 0 Å². The van der Waals surface area contributed by atoms with Crippen LogP contribution in [0.5, 0.6) is 0 Å². The van der Waals surface area contributed by atoms with Crippen LogP contribution in [0.2, 0.25) is 10.0 Å². The number of benzene rings is 1. The van der Waals surface area contributed by atoms with Gasteiger partial charge in [-0.3, -0.25) is 10.1 Å². The Morgan fingerprint density at radius 2 is 1.84 bits per heavy atom. The van der Waals surface area contributed by atoms with Crippen molar-refractivity contribution in [1.82, 2.24) is 10.6 Å². The van der Waals surface area contributed by atoms with E-state index in [2.05, 4.69) is 4.74 Å². The van der Waals surface area contributed by atoms with E-state index in [0.717, 1.165) is 6.08 Å². The number of urea groups is 1. The fourth-order valence-corrected chi connectivity index (χ4v) is 1.66. The number of alkyl halides is 3. The van der Waals surface area contributed by atoms with Gasteiger partial charge < -0.3 is 10.1 Å². The van der Waals surface area contributed by atoms with Gasteiger partial charge >= 0.3 is 18.2 Å². The molecule has 0 fully saturated rings. The van der Waals surface area contributed by atoms with E-state index in [1.807, 2.05) is 0 Å². The maximum atomic E-state index is 11.9. The molecule has 0 radical (unpaired) electrons. The minimum Gasteiger partial charge on any atom is -0.452 e. The molecule has 0 heterocycles. The molecule has 0 aromatic heterocycles. The van der Waals surface area contributed by atoms with Gasteiger partial charge in [-0.05, 0) is 23.8 Å². The Balaban J connectivity index is 2.37. The first-order valence-corrected chi connectivity index (χ1v) is 7.27. The van der Waals surface area contributed by atoms with Crippen molar-refractivity contribution in [3.8, 4) is 0 Å². The molecule has 0 saturated heterocycles. The first kappa shape index (κ1) is 20.8. The Morgan fingerprint density at radius 1 is 1.16 bits per heavy atom. The third kappa shape index (κ3) is 8.96. The van der Waals surface area contributed by atoms with Crippen molar-refractivity contribution >= 4 is 47.2 Å². The molecule has 3 amide bonds. The molecule has 0 saturated carbocycles. The summed E-state index contributed by atoms with van der Waals surface area (Å²) < 4.78 is 40.1. The Kier molecular flexibility index (Phi) is 7.72. The van der Waals surface area contributed by atoms with Crippen LogP contribution in [-0.2, 0) is 14.3 Å². The van der Waals surface area contributed by atoms with Crippen molar-refractivity contribution in [2.45, 2.75) is 6.18 Å². The smallest absolute Gasteiger partial charge is 0.405 e. The number of rotatable bonds is 5. The summed E-state index contributed by atoms with van der Waals surface area (Å²) in [5.74, 6) is -1.99. The molecule has 0 spiro atoms. The molecule has 2 N–H and O–H groups in total. The zero-order valence-electron chi connectivity index (χ0n) is 12.3. The number of nitrogens with one attached hydrogen (secondary N) is 2. The molecule has 136 valence electrons. The number of esters is 1. The lowest BCUT2D eigenvalue weighted by molar-refractivity contribution is -0.143. The highest BCUT2D eigenvalue weighted by Gasteiger charge is 2.28. The Hall–Kier alpha value is -2.26. The lowest BCUT2D eigenvalue weighted by Gasteiger charge is -2.08. The van der Waals surface area contributed by atoms with Gasteiger partial charge in [0.25, 0.3) is 5.91 Å². The van der Waals surface area contributed by atoms with Gasteiger partial charge in [0.2, 0.25) is 0 Å². The Labute approximate surface area is 149 Å². The number of carbonyl (C=O) groups excluding carboxylic acids is 3. The van der Waals surface area contributed by atoms with Crippen LogP contribution in [0.4, 0.5) is 18.0 Å². The molecule has 0 bridgehead atoms. The molecule has 0 unspecified atom stereocenters. The maximum Gasteiger partial charge on any atom is 0.405 e. The minimum absolute atomic E-state index is 0.279. The number of carbonyl (C=O) groups is 3. The fourth-order valence-electron chi connectivity index (χ4n) is 1.35.